The van der Waals surface area contributed by atoms with Crippen LogP contribution in [0.25, 0.3) is 0 Å². The van der Waals surface area contributed by atoms with Gasteiger partial charge in [-0.25, -0.2) is 18.3 Å². The number of carbonyl (C=O) groups is 1. The minimum atomic E-state index is -4.27. The van der Waals surface area contributed by atoms with E-state index in [0.717, 1.165) is 4.31 Å². The molecule has 1 amide bonds. The first-order valence-electron chi connectivity index (χ1n) is 10.9. The first kappa shape index (κ1) is 26.3. The van der Waals surface area contributed by atoms with Crippen LogP contribution in [0, 0.1) is 5.82 Å². The normalized spacial score (nSPS) is 12.3. The molecule has 3 aromatic rings. The molecule has 1 atom stereocenters. The van der Waals surface area contributed by atoms with Gasteiger partial charge in [-0.2, -0.15) is 4.31 Å². The van der Waals surface area contributed by atoms with Crippen molar-refractivity contribution in [1.29, 1.82) is 0 Å². The van der Waals surface area contributed by atoms with Crippen LogP contribution in [-0.4, -0.2) is 43.2 Å². The summed E-state index contributed by atoms with van der Waals surface area (Å²) in [7, 11) is -4.27. The quantitative estimate of drug-likeness (QED) is 0.222. The number of benzene rings is 3. The molecule has 0 heterocycles. The lowest BCUT2D eigenvalue weighted by Gasteiger charge is -2.30. The van der Waals surface area contributed by atoms with Gasteiger partial charge in [0.2, 0.25) is 10.0 Å². The number of sulfonamides is 1. The number of hydrogen-bond donors (Lipinski definition) is 2. The number of nitrogens with zero attached hydrogens (tertiary/aromatic N) is 1. The van der Waals surface area contributed by atoms with E-state index in [-0.39, 0.29) is 30.9 Å². The minimum absolute atomic E-state index is 0.0158. The summed E-state index contributed by atoms with van der Waals surface area (Å²) in [6.07, 6.45) is 0.195. The van der Waals surface area contributed by atoms with E-state index in [1.165, 1.54) is 48.5 Å². The molecule has 0 aliphatic rings. The Morgan fingerprint density at radius 2 is 1.63 bits per heavy atom. The average Bonchev–Trinajstić information content (AvgIpc) is 2.88. The summed E-state index contributed by atoms with van der Waals surface area (Å²) >= 11 is 0. The molecule has 2 N–H and O–H groups in total. The van der Waals surface area contributed by atoms with Crippen LogP contribution in [-0.2, 0) is 27.8 Å². The molecule has 0 saturated heterocycles. The number of rotatable bonds is 12. The molecule has 0 fully saturated rings. The van der Waals surface area contributed by atoms with Crippen molar-refractivity contribution in [3.8, 4) is 5.75 Å². The van der Waals surface area contributed by atoms with E-state index in [1.807, 2.05) is 0 Å². The number of amides is 1. The van der Waals surface area contributed by atoms with Gasteiger partial charge in [0.1, 0.15) is 17.6 Å². The van der Waals surface area contributed by atoms with Gasteiger partial charge in [-0.3, -0.25) is 14.4 Å². The Balaban J connectivity index is 1.99. The maximum Gasteiger partial charge on any atom is 0.262 e. The molecule has 0 spiro atoms. The predicted molar refractivity (Wildman–Crippen MR) is 126 cm³/mol. The molecule has 7 nitrogen and oxygen atoms in total. The van der Waals surface area contributed by atoms with E-state index in [2.05, 4.69) is 0 Å². The number of hydrogen-bond acceptors (Lipinski definition) is 5. The van der Waals surface area contributed by atoms with Crippen molar-refractivity contribution in [3.05, 3.63) is 95.8 Å². The fraction of sp³-hybridized carbons (Fsp3) is 0.240. The van der Waals surface area contributed by atoms with Gasteiger partial charge in [0.25, 0.3) is 5.91 Å². The molecule has 0 aliphatic heterocycles. The number of carbonyl (C=O) groups excluding carboxylic acids is 1. The van der Waals surface area contributed by atoms with Gasteiger partial charge >= 0.3 is 0 Å². The second-order valence-electron chi connectivity index (χ2n) is 7.72. The smallest absolute Gasteiger partial charge is 0.262 e. The van der Waals surface area contributed by atoms with Gasteiger partial charge in [-0.1, -0.05) is 42.5 Å². The molecule has 10 heteroatoms. The van der Waals surface area contributed by atoms with Gasteiger partial charge < -0.3 is 4.74 Å². The number of ether oxygens (including phenoxy) is 1. The van der Waals surface area contributed by atoms with E-state index in [1.54, 1.807) is 35.8 Å². The summed E-state index contributed by atoms with van der Waals surface area (Å²) < 4.78 is 59.5. The van der Waals surface area contributed by atoms with E-state index in [0.29, 0.717) is 16.9 Å². The SMILES string of the molecule is O=C(NO)C(Cc1ccccc1)N(Cc1ccc(F)cc1)S(=O)(=O)c1ccc(OCCCF)cc1. The van der Waals surface area contributed by atoms with E-state index in [9.17, 15) is 27.2 Å². The number of nitrogens with one attached hydrogen (secondary N) is 1. The molecule has 0 saturated carbocycles. The first-order valence-corrected chi connectivity index (χ1v) is 12.3. The summed E-state index contributed by atoms with van der Waals surface area (Å²) in [5.41, 5.74) is 2.69. The monoisotopic (exact) mass is 504 g/mol. The summed E-state index contributed by atoms with van der Waals surface area (Å²) in [5.74, 6) is -1.03. The van der Waals surface area contributed by atoms with Gasteiger partial charge in [-0.05, 0) is 53.9 Å². The molecule has 0 aromatic heterocycles. The average molecular weight is 505 g/mol. The van der Waals surface area contributed by atoms with Gasteiger partial charge in [0.05, 0.1) is 18.2 Å². The number of alkyl halides is 1. The third kappa shape index (κ3) is 7.08. The van der Waals surface area contributed by atoms with Crippen LogP contribution >= 0.6 is 0 Å². The van der Waals surface area contributed by atoms with Crippen LogP contribution in [0.1, 0.15) is 17.5 Å². The number of halogens is 2. The second kappa shape index (κ2) is 12.4. The van der Waals surface area contributed by atoms with Crippen LogP contribution in [0.3, 0.4) is 0 Å². The van der Waals surface area contributed by atoms with Crippen LogP contribution < -0.4 is 10.2 Å². The molecule has 3 rings (SSSR count). The largest absolute Gasteiger partial charge is 0.493 e. The van der Waals surface area contributed by atoms with Crippen molar-refractivity contribution in [3.63, 3.8) is 0 Å². The van der Waals surface area contributed by atoms with Gasteiger partial charge in [0, 0.05) is 13.0 Å². The third-order valence-electron chi connectivity index (χ3n) is 5.26. The Hall–Kier alpha value is -3.34. The summed E-state index contributed by atoms with van der Waals surface area (Å²) in [5, 5.41) is 9.40. The summed E-state index contributed by atoms with van der Waals surface area (Å²) in [4.78, 5) is 12.6. The zero-order valence-corrected chi connectivity index (χ0v) is 19.6. The van der Waals surface area contributed by atoms with Crippen LogP contribution in [0.2, 0.25) is 0 Å². The highest BCUT2D eigenvalue weighted by atomic mass is 32.2. The fourth-order valence-electron chi connectivity index (χ4n) is 3.46. The first-order chi connectivity index (χ1) is 16.8. The van der Waals surface area contributed by atoms with Crippen molar-refractivity contribution in [2.24, 2.45) is 0 Å². The molecular weight excluding hydrogens is 478 g/mol. The molecule has 1 unspecified atom stereocenters. The zero-order chi connectivity index (χ0) is 25.3. The Morgan fingerprint density at radius 3 is 2.23 bits per heavy atom. The zero-order valence-electron chi connectivity index (χ0n) is 18.8. The standard InChI is InChI=1S/C25H26F2N2O5S/c26-15-4-16-34-22-11-13-23(14-12-22)35(32,33)29(18-20-7-9-21(27)10-8-20)24(25(30)28-31)17-19-5-2-1-3-6-19/h1-3,5-14,24,31H,4,15-18H2,(H,28,30). The summed E-state index contributed by atoms with van der Waals surface area (Å²) in [6, 6.07) is 18.3. The lowest BCUT2D eigenvalue weighted by atomic mass is 10.0. The molecule has 0 radical (unpaired) electrons. The van der Waals surface area contributed by atoms with Crippen LogP contribution in [0.15, 0.2) is 83.8 Å². The third-order valence-corrected chi connectivity index (χ3v) is 7.13. The predicted octanol–water partition coefficient (Wildman–Crippen LogP) is 3.87. The molecule has 0 aliphatic carbocycles. The molecule has 3 aromatic carbocycles. The van der Waals surface area contributed by atoms with Crippen molar-refractivity contribution < 1.29 is 31.9 Å². The summed E-state index contributed by atoms with van der Waals surface area (Å²) in [6.45, 7) is -0.627. The van der Waals surface area contributed by atoms with E-state index < -0.39 is 34.5 Å². The fourth-order valence-corrected chi connectivity index (χ4v) is 5.03. The van der Waals surface area contributed by atoms with Crippen molar-refractivity contribution in [2.75, 3.05) is 13.3 Å². The lowest BCUT2D eigenvalue weighted by molar-refractivity contribution is -0.133. The Labute approximate surface area is 203 Å². The highest BCUT2D eigenvalue weighted by molar-refractivity contribution is 7.89. The van der Waals surface area contributed by atoms with Crippen molar-refractivity contribution in [1.82, 2.24) is 9.79 Å². The number of hydroxylamine groups is 1. The highest BCUT2D eigenvalue weighted by Gasteiger charge is 2.36. The molecule has 0 bridgehead atoms. The van der Waals surface area contributed by atoms with E-state index >= 15 is 0 Å². The van der Waals surface area contributed by atoms with Crippen LogP contribution in [0.4, 0.5) is 8.78 Å². The second-order valence-corrected chi connectivity index (χ2v) is 9.61. The Morgan fingerprint density at radius 1 is 0.971 bits per heavy atom. The maximum absolute atomic E-state index is 13.7. The topological polar surface area (TPSA) is 95.9 Å². The Kier molecular flexibility index (Phi) is 9.30. The highest BCUT2D eigenvalue weighted by Crippen LogP contribution is 2.25. The molecule has 186 valence electrons. The van der Waals surface area contributed by atoms with Crippen molar-refractivity contribution in [2.45, 2.75) is 30.3 Å². The minimum Gasteiger partial charge on any atom is -0.493 e. The van der Waals surface area contributed by atoms with E-state index in [4.69, 9.17) is 4.74 Å². The Bertz CT molecular complexity index is 1190. The molecule has 35 heavy (non-hydrogen) atoms. The van der Waals surface area contributed by atoms with Gasteiger partial charge in [-0.15, -0.1) is 0 Å². The molecular formula is C25H26F2N2O5S. The lowest BCUT2D eigenvalue weighted by Crippen LogP contribution is -2.49. The maximum atomic E-state index is 13.7. The van der Waals surface area contributed by atoms with Crippen LogP contribution in [0.5, 0.6) is 5.75 Å². The van der Waals surface area contributed by atoms with Crippen molar-refractivity contribution >= 4 is 15.9 Å². The van der Waals surface area contributed by atoms with Gasteiger partial charge in [0.15, 0.2) is 0 Å².